The number of carboxylic acids is 1. The van der Waals surface area contributed by atoms with Gasteiger partial charge in [0.05, 0.1) is 5.56 Å². The van der Waals surface area contributed by atoms with Gasteiger partial charge in [-0.3, -0.25) is 4.79 Å². The second kappa shape index (κ2) is 9.36. The van der Waals surface area contributed by atoms with Gasteiger partial charge in [-0.15, -0.1) is 0 Å². The second-order valence-electron chi connectivity index (χ2n) is 5.89. The van der Waals surface area contributed by atoms with Gasteiger partial charge in [0.1, 0.15) is 0 Å². The largest absolute Gasteiger partial charge is 0.478 e. The van der Waals surface area contributed by atoms with Crippen molar-refractivity contribution in [2.75, 3.05) is 0 Å². The minimum absolute atomic E-state index is 0.241. The summed E-state index contributed by atoms with van der Waals surface area (Å²) in [6.07, 6.45) is 1.61. The first-order valence-electron chi connectivity index (χ1n) is 7.91. The number of carbonyl (C=O) groups excluding carboxylic acids is 1. The Balaban J connectivity index is 0.000000257. The maximum absolute atomic E-state index is 11.5. The Kier molecular flexibility index (Phi) is 7.51. The van der Waals surface area contributed by atoms with Crippen molar-refractivity contribution in [2.24, 2.45) is 4.99 Å². The molecule has 2 aromatic carbocycles. The van der Waals surface area contributed by atoms with Crippen molar-refractivity contribution in [1.82, 2.24) is 0 Å². The number of carboxylic acid groups (broad SMARTS) is 1. The maximum atomic E-state index is 11.5. The fourth-order valence-electron chi connectivity index (χ4n) is 2.38. The SMILES string of the molecule is CC=C=NC(=O)c1cc(C)cc(C)c1.Cc1cc(C)cc(C(=O)O)c1. The number of hydrogen-bond donors (Lipinski definition) is 1. The van der Waals surface area contributed by atoms with Crippen LogP contribution in [-0.2, 0) is 0 Å². The number of benzene rings is 2. The maximum Gasteiger partial charge on any atom is 0.335 e. The molecule has 0 unspecified atom stereocenters. The predicted octanol–water partition coefficient (Wildman–Crippen LogP) is 4.69. The van der Waals surface area contributed by atoms with Gasteiger partial charge in [0.15, 0.2) is 0 Å². The normalized spacial score (nSPS) is 9.32. The van der Waals surface area contributed by atoms with Crippen molar-refractivity contribution >= 4 is 17.7 Å². The Hall–Kier alpha value is -2.97. The van der Waals surface area contributed by atoms with Gasteiger partial charge in [-0.05, 0) is 70.8 Å². The Morgan fingerprint density at radius 2 is 1.24 bits per heavy atom. The van der Waals surface area contributed by atoms with Crippen LogP contribution in [-0.4, -0.2) is 22.9 Å². The summed E-state index contributed by atoms with van der Waals surface area (Å²) in [5, 5.41) is 8.63. The summed E-state index contributed by atoms with van der Waals surface area (Å²) in [6, 6.07) is 11.0. The lowest BCUT2D eigenvalue weighted by Gasteiger charge is -1.99. The van der Waals surface area contributed by atoms with E-state index in [-0.39, 0.29) is 5.91 Å². The number of carbonyl (C=O) groups is 2. The summed E-state index contributed by atoms with van der Waals surface area (Å²) in [7, 11) is 0. The molecule has 1 N–H and O–H groups in total. The Morgan fingerprint density at radius 1 is 0.840 bits per heavy atom. The molecular formula is C21H23NO3. The molecule has 0 heterocycles. The van der Waals surface area contributed by atoms with Gasteiger partial charge in [-0.2, -0.15) is 4.99 Å². The summed E-state index contributed by atoms with van der Waals surface area (Å²) >= 11 is 0. The number of aliphatic imine (C=N–C) groups is 1. The summed E-state index contributed by atoms with van der Waals surface area (Å²) in [5.74, 6) is 1.43. The first kappa shape index (κ1) is 20.1. The molecule has 0 saturated carbocycles. The van der Waals surface area contributed by atoms with E-state index in [1.54, 1.807) is 25.1 Å². The lowest BCUT2D eigenvalue weighted by atomic mass is 10.1. The highest BCUT2D eigenvalue weighted by molar-refractivity contribution is 5.98. The number of aryl methyl sites for hydroxylation is 4. The number of amides is 1. The number of nitrogens with zero attached hydrogens (tertiary/aromatic N) is 1. The lowest BCUT2D eigenvalue weighted by molar-refractivity contribution is 0.0696. The summed E-state index contributed by atoms with van der Waals surface area (Å²) in [4.78, 5) is 25.6. The van der Waals surface area contributed by atoms with Crippen LogP contribution in [0.5, 0.6) is 0 Å². The quantitative estimate of drug-likeness (QED) is 0.808. The molecule has 25 heavy (non-hydrogen) atoms. The summed E-state index contributed by atoms with van der Waals surface area (Å²) < 4.78 is 0. The Bertz CT molecular complexity index is 804. The zero-order valence-corrected chi connectivity index (χ0v) is 15.3. The first-order chi connectivity index (χ1) is 11.7. The average Bonchev–Trinajstić information content (AvgIpc) is 2.51. The lowest BCUT2D eigenvalue weighted by Crippen LogP contribution is -1.96. The van der Waals surface area contributed by atoms with Crippen molar-refractivity contribution in [3.63, 3.8) is 0 Å². The van der Waals surface area contributed by atoms with Crippen molar-refractivity contribution in [3.8, 4) is 0 Å². The van der Waals surface area contributed by atoms with Gasteiger partial charge in [0, 0.05) is 5.56 Å². The van der Waals surface area contributed by atoms with Gasteiger partial charge >= 0.3 is 5.97 Å². The highest BCUT2D eigenvalue weighted by Gasteiger charge is 2.04. The standard InChI is InChI=1S/C12H13NO.C9H10O2/c1-4-5-13-12(14)11-7-9(2)6-10(3)8-11;1-6-3-7(2)5-8(4-6)9(10)11/h4,6-8H,1-3H3;3-5H,1-2H3,(H,10,11). The van der Waals surface area contributed by atoms with Crippen LogP contribution in [0.15, 0.2) is 47.5 Å². The highest BCUT2D eigenvalue weighted by atomic mass is 16.4. The average molecular weight is 337 g/mol. The smallest absolute Gasteiger partial charge is 0.335 e. The summed E-state index contributed by atoms with van der Waals surface area (Å²) in [5.41, 5.74) is 5.11. The van der Waals surface area contributed by atoms with Gasteiger partial charge < -0.3 is 5.11 Å². The number of aromatic carboxylic acids is 1. The van der Waals surface area contributed by atoms with Crippen LogP contribution in [0.25, 0.3) is 0 Å². The molecule has 0 saturated heterocycles. The number of hydrogen-bond acceptors (Lipinski definition) is 2. The Morgan fingerprint density at radius 3 is 1.60 bits per heavy atom. The molecule has 4 heteroatoms. The minimum atomic E-state index is -0.864. The van der Waals surface area contributed by atoms with Crippen molar-refractivity contribution < 1.29 is 14.7 Å². The van der Waals surface area contributed by atoms with E-state index < -0.39 is 5.97 Å². The van der Waals surface area contributed by atoms with E-state index in [9.17, 15) is 9.59 Å². The summed E-state index contributed by atoms with van der Waals surface area (Å²) in [6.45, 7) is 9.48. The van der Waals surface area contributed by atoms with Crippen LogP contribution in [0.4, 0.5) is 0 Å². The van der Waals surface area contributed by atoms with Crippen molar-refractivity contribution in [2.45, 2.75) is 34.6 Å². The minimum Gasteiger partial charge on any atom is -0.478 e. The van der Waals surface area contributed by atoms with Crippen LogP contribution in [0, 0.1) is 27.7 Å². The van der Waals surface area contributed by atoms with Crippen LogP contribution >= 0.6 is 0 Å². The molecule has 0 aliphatic heterocycles. The fourth-order valence-corrected chi connectivity index (χ4v) is 2.38. The molecule has 4 nitrogen and oxygen atoms in total. The van der Waals surface area contributed by atoms with Crippen LogP contribution in [0.3, 0.4) is 0 Å². The molecule has 0 atom stereocenters. The van der Waals surface area contributed by atoms with Gasteiger partial charge in [-0.25, -0.2) is 4.79 Å². The first-order valence-corrected chi connectivity index (χ1v) is 7.91. The van der Waals surface area contributed by atoms with Crippen molar-refractivity contribution in [3.05, 3.63) is 75.9 Å². The third-order valence-corrected chi connectivity index (χ3v) is 3.23. The van der Waals surface area contributed by atoms with E-state index in [1.807, 2.05) is 52.0 Å². The molecule has 0 aliphatic carbocycles. The van der Waals surface area contributed by atoms with Crippen molar-refractivity contribution in [1.29, 1.82) is 0 Å². The zero-order chi connectivity index (χ0) is 19.0. The highest BCUT2D eigenvalue weighted by Crippen LogP contribution is 2.10. The molecular weight excluding hydrogens is 314 g/mol. The molecule has 0 fully saturated rings. The van der Waals surface area contributed by atoms with E-state index in [0.717, 1.165) is 22.3 Å². The number of rotatable bonds is 2. The molecule has 2 aromatic rings. The van der Waals surface area contributed by atoms with Gasteiger partial charge in [-0.1, -0.05) is 34.4 Å². The molecule has 0 aromatic heterocycles. The fraction of sp³-hybridized carbons (Fsp3) is 0.238. The molecule has 1 amide bonds. The van der Waals surface area contributed by atoms with Crippen LogP contribution < -0.4 is 0 Å². The van der Waals surface area contributed by atoms with E-state index >= 15 is 0 Å². The monoisotopic (exact) mass is 337 g/mol. The molecule has 2 rings (SSSR count). The second-order valence-corrected chi connectivity index (χ2v) is 5.89. The Labute approximate surface area is 148 Å². The topological polar surface area (TPSA) is 66.7 Å². The third kappa shape index (κ3) is 6.98. The van der Waals surface area contributed by atoms with E-state index in [2.05, 4.69) is 10.9 Å². The molecule has 130 valence electrons. The number of allylic oxidation sites excluding steroid dienone is 1. The van der Waals surface area contributed by atoms with E-state index in [0.29, 0.717) is 11.1 Å². The molecule has 0 aliphatic rings. The van der Waals surface area contributed by atoms with Crippen LogP contribution in [0.1, 0.15) is 49.9 Å². The third-order valence-electron chi connectivity index (χ3n) is 3.23. The molecule has 0 radical (unpaired) electrons. The predicted molar refractivity (Wildman–Crippen MR) is 101 cm³/mol. The van der Waals surface area contributed by atoms with Gasteiger partial charge in [0.25, 0.3) is 5.91 Å². The van der Waals surface area contributed by atoms with E-state index in [1.165, 1.54) is 0 Å². The van der Waals surface area contributed by atoms with Gasteiger partial charge in [0.2, 0.25) is 0 Å². The van der Waals surface area contributed by atoms with E-state index in [4.69, 9.17) is 5.11 Å². The zero-order valence-electron chi connectivity index (χ0n) is 15.3. The van der Waals surface area contributed by atoms with Crippen LogP contribution in [0.2, 0.25) is 0 Å². The molecule has 0 spiro atoms. The molecule has 0 bridgehead atoms.